The molecular weight excluding hydrogens is 515 g/mol. The third-order valence-corrected chi connectivity index (χ3v) is 8.05. The van der Waals surface area contributed by atoms with Gasteiger partial charge in [0.15, 0.2) is 0 Å². The van der Waals surface area contributed by atoms with Crippen LogP contribution in [0.4, 0.5) is 0 Å². The molecule has 0 unspecified atom stereocenters. The van der Waals surface area contributed by atoms with Crippen LogP contribution in [0.5, 0.6) is 0 Å². The van der Waals surface area contributed by atoms with Crippen molar-refractivity contribution >= 4 is 8.60 Å². The van der Waals surface area contributed by atoms with Gasteiger partial charge >= 0.3 is 8.60 Å². The number of hydrogen-bond acceptors (Lipinski definition) is 7. The molecule has 0 spiro atoms. The maximum Gasteiger partial charge on any atom is 0.329 e. The second-order valence-corrected chi connectivity index (χ2v) is 12.1. The summed E-state index contributed by atoms with van der Waals surface area (Å²) in [5.74, 6) is 0. The third kappa shape index (κ3) is 30.9. The first-order chi connectivity index (χ1) is 19.1. The Morgan fingerprint density at radius 2 is 0.641 bits per heavy atom. The number of rotatable bonds is 30. The summed E-state index contributed by atoms with van der Waals surface area (Å²) in [6, 6.07) is 0. The van der Waals surface area contributed by atoms with Crippen molar-refractivity contribution in [2.45, 2.75) is 155 Å². The number of aliphatic hydroxyl groups excluding tert-OH is 4. The number of hydrogen-bond donors (Lipinski definition) is 5. The highest BCUT2D eigenvalue weighted by Crippen LogP contribution is 2.33. The SMILES string of the molecule is CCCCCCCCCCCCCOP(O)OCCCCCCCCCCCCC.OCC(CO)(CO)CO. The first-order valence-electron chi connectivity index (χ1n) is 16.2. The summed E-state index contributed by atoms with van der Waals surface area (Å²) in [5, 5.41) is 34.0. The van der Waals surface area contributed by atoms with Crippen LogP contribution >= 0.6 is 8.60 Å². The largest absolute Gasteiger partial charge is 0.396 e. The molecule has 0 amide bonds. The molecule has 238 valence electrons. The molecule has 0 rings (SSSR count). The summed E-state index contributed by atoms with van der Waals surface area (Å²) in [5.41, 5.74) is -1.11. The smallest absolute Gasteiger partial charge is 0.329 e. The van der Waals surface area contributed by atoms with Crippen LogP contribution in [0.2, 0.25) is 0 Å². The van der Waals surface area contributed by atoms with Crippen LogP contribution in [-0.4, -0.2) is 65.0 Å². The Kier molecular flexibility index (Phi) is 36.4. The Balaban J connectivity index is 0. The highest BCUT2D eigenvalue weighted by molar-refractivity contribution is 7.40. The number of aliphatic hydroxyl groups is 4. The van der Waals surface area contributed by atoms with E-state index in [4.69, 9.17) is 29.5 Å². The van der Waals surface area contributed by atoms with Gasteiger partial charge in [0.05, 0.1) is 45.1 Å². The zero-order chi connectivity index (χ0) is 29.3. The van der Waals surface area contributed by atoms with Crippen LogP contribution in [0.25, 0.3) is 0 Å². The van der Waals surface area contributed by atoms with E-state index in [1.807, 2.05) is 0 Å². The lowest BCUT2D eigenvalue weighted by atomic mass is 9.93. The standard InChI is InChI=1S/C26H55O3P.C5H12O4/c1-3-5-7-9-11-13-15-17-19-21-23-25-28-30(27)29-26-24-22-20-18-16-14-12-10-8-6-4-2;6-1-5(2-7,3-8)4-9/h27H,3-26H2,1-2H3;6-9H,1-4H2. The van der Waals surface area contributed by atoms with E-state index in [-0.39, 0.29) is 0 Å². The summed E-state index contributed by atoms with van der Waals surface area (Å²) in [4.78, 5) is 9.79. The maximum atomic E-state index is 9.79. The van der Waals surface area contributed by atoms with E-state index in [9.17, 15) is 4.89 Å². The minimum atomic E-state index is -1.66. The zero-order valence-corrected chi connectivity index (χ0v) is 26.7. The average molecular weight is 583 g/mol. The molecule has 0 fully saturated rings. The molecule has 8 heteroatoms. The molecule has 0 aromatic rings. The lowest BCUT2D eigenvalue weighted by Gasteiger charge is -2.23. The second-order valence-electron chi connectivity index (χ2n) is 11.1. The van der Waals surface area contributed by atoms with Gasteiger partial charge in [-0.3, -0.25) is 0 Å². The van der Waals surface area contributed by atoms with Gasteiger partial charge in [-0.1, -0.05) is 142 Å². The minimum Gasteiger partial charge on any atom is -0.396 e. The molecule has 0 bridgehead atoms. The van der Waals surface area contributed by atoms with Gasteiger partial charge in [0.1, 0.15) is 0 Å². The Bertz CT molecular complexity index is 394. The lowest BCUT2D eigenvalue weighted by Crippen LogP contribution is -2.37. The van der Waals surface area contributed by atoms with Crippen molar-refractivity contribution in [1.29, 1.82) is 0 Å². The molecule has 0 aromatic heterocycles. The summed E-state index contributed by atoms with van der Waals surface area (Å²) in [6.07, 6.45) is 29.3. The number of unbranched alkanes of at least 4 members (excludes halogenated alkanes) is 20. The van der Waals surface area contributed by atoms with E-state index in [0.29, 0.717) is 13.2 Å². The highest BCUT2D eigenvalue weighted by Gasteiger charge is 2.26. The predicted octanol–water partition coefficient (Wildman–Crippen LogP) is 7.80. The quantitative estimate of drug-likeness (QED) is 0.0433. The van der Waals surface area contributed by atoms with Gasteiger partial charge in [-0.2, -0.15) is 0 Å². The van der Waals surface area contributed by atoms with E-state index in [1.54, 1.807) is 0 Å². The monoisotopic (exact) mass is 582 g/mol. The van der Waals surface area contributed by atoms with Crippen LogP contribution in [0.15, 0.2) is 0 Å². The molecule has 0 aromatic carbocycles. The highest BCUT2D eigenvalue weighted by atomic mass is 31.2. The minimum absolute atomic E-state index is 0.406. The fourth-order valence-corrected chi connectivity index (χ4v) is 4.80. The van der Waals surface area contributed by atoms with Crippen molar-refractivity contribution in [3.8, 4) is 0 Å². The molecule has 0 radical (unpaired) electrons. The van der Waals surface area contributed by atoms with Crippen LogP contribution in [0.1, 0.15) is 155 Å². The molecule has 0 aliphatic heterocycles. The second kappa shape index (κ2) is 34.4. The van der Waals surface area contributed by atoms with Crippen molar-refractivity contribution in [2.24, 2.45) is 5.41 Å². The first kappa shape index (κ1) is 41.3. The molecule has 0 heterocycles. The fourth-order valence-electron chi connectivity index (χ4n) is 4.16. The fraction of sp³-hybridized carbons (Fsp3) is 1.00. The van der Waals surface area contributed by atoms with Gasteiger partial charge in [-0.25, -0.2) is 0 Å². The topological polar surface area (TPSA) is 120 Å². The zero-order valence-electron chi connectivity index (χ0n) is 25.8. The van der Waals surface area contributed by atoms with Gasteiger partial charge in [0.25, 0.3) is 0 Å². The van der Waals surface area contributed by atoms with E-state index in [2.05, 4.69) is 13.8 Å². The van der Waals surface area contributed by atoms with Crippen molar-refractivity contribution in [3.05, 3.63) is 0 Å². The van der Waals surface area contributed by atoms with E-state index >= 15 is 0 Å². The van der Waals surface area contributed by atoms with Gasteiger partial charge in [0.2, 0.25) is 0 Å². The van der Waals surface area contributed by atoms with Crippen LogP contribution in [-0.2, 0) is 9.05 Å². The molecule has 0 atom stereocenters. The predicted molar refractivity (Wildman–Crippen MR) is 165 cm³/mol. The molecule has 39 heavy (non-hydrogen) atoms. The Morgan fingerprint density at radius 1 is 0.410 bits per heavy atom. The van der Waals surface area contributed by atoms with Crippen molar-refractivity contribution < 1.29 is 34.4 Å². The molecule has 0 saturated heterocycles. The molecule has 0 aliphatic rings. The third-order valence-electron chi connectivity index (χ3n) is 7.24. The van der Waals surface area contributed by atoms with Crippen LogP contribution < -0.4 is 0 Å². The molecule has 0 saturated carbocycles. The van der Waals surface area contributed by atoms with E-state index in [0.717, 1.165) is 12.8 Å². The molecule has 7 nitrogen and oxygen atoms in total. The summed E-state index contributed by atoms with van der Waals surface area (Å²) in [7, 11) is -1.66. The molecule has 0 aliphatic carbocycles. The summed E-state index contributed by atoms with van der Waals surface area (Å²) >= 11 is 0. The summed E-state index contributed by atoms with van der Waals surface area (Å²) in [6.45, 7) is 4.19. The van der Waals surface area contributed by atoms with Gasteiger partial charge in [-0.15, -0.1) is 0 Å². The van der Waals surface area contributed by atoms with Gasteiger partial charge in [-0.05, 0) is 12.8 Å². The van der Waals surface area contributed by atoms with Crippen molar-refractivity contribution in [2.75, 3.05) is 39.6 Å². The normalized spacial score (nSPS) is 11.7. The van der Waals surface area contributed by atoms with Crippen molar-refractivity contribution in [1.82, 2.24) is 0 Å². The Labute approximate surface area is 243 Å². The van der Waals surface area contributed by atoms with Crippen molar-refractivity contribution in [3.63, 3.8) is 0 Å². The lowest BCUT2D eigenvalue weighted by molar-refractivity contribution is -0.0328. The summed E-state index contributed by atoms with van der Waals surface area (Å²) < 4.78 is 10.8. The Hall–Kier alpha value is 0.150. The first-order valence-corrected chi connectivity index (χ1v) is 17.4. The van der Waals surface area contributed by atoms with E-state index < -0.39 is 40.4 Å². The van der Waals surface area contributed by atoms with Crippen LogP contribution in [0.3, 0.4) is 0 Å². The average Bonchev–Trinajstić information content (AvgIpc) is 2.96. The van der Waals surface area contributed by atoms with Crippen LogP contribution in [0, 0.1) is 5.41 Å². The van der Waals surface area contributed by atoms with Gasteiger partial charge < -0.3 is 34.4 Å². The molecule has 5 N–H and O–H groups in total. The van der Waals surface area contributed by atoms with E-state index in [1.165, 1.54) is 128 Å². The van der Waals surface area contributed by atoms with Gasteiger partial charge in [0, 0.05) is 0 Å². The Morgan fingerprint density at radius 3 is 0.846 bits per heavy atom. The maximum absolute atomic E-state index is 9.79. The molecular formula is C31H67O7P.